The lowest BCUT2D eigenvalue weighted by atomic mass is 10.2. The summed E-state index contributed by atoms with van der Waals surface area (Å²) in [5.41, 5.74) is 2.07. The fraction of sp³-hybridized carbons (Fsp3) is 0.444. The number of fused-ring (bicyclic) bond motifs is 1. The quantitative estimate of drug-likeness (QED) is 0.645. The molecule has 0 aromatic carbocycles. The van der Waals surface area contributed by atoms with Crippen LogP contribution in [0.2, 0.25) is 5.15 Å². The van der Waals surface area contributed by atoms with Crippen LogP contribution in [0.1, 0.15) is 6.92 Å². The van der Waals surface area contributed by atoms with E-state index in [9.17, 15) is 0 Å². The zero-order chi connectivity index (χ0) is 9.42. The van der Waals surface area contributed by atoms with E-state index in [1.165, 1.54) is 0 Å². The Hall–Kier alpha value is -0.960. The van der Waals surface area contributed by atoms with Crippen LogP contribution >= 0.6 is 11.6 Å². The van der Waals surface area contributed by atoms with Crippen molar-refractivity contribution in [1.82, 2.24) is 4.98 Å². The van der Waals surface area contributed by atoms with Crippen molar-refractivity contribution in [2.75, 3.05) is 23.8 Å². The molecule has 0 saturated heterocycles. The van der Waals surface area contributed by atoms with Gasteiger partial charge in [-0.1, -0.05) is 11.6 Å². The van der Waals surface area contributed by atoms with Crippen molar-refractivity contribution in [2.24, 2.45) is 0 Å². The summed E-state index contributed by atoms with van der Waals surface area (Å²) in [6.45, 7) is 3.08. The highest BCUT2D eigenvalue weighted by molar-refractivity contribution is 6.32. The zero-order valence-corrected chi connectivity index (χ0v) is 8.47. The number of halogens is 1. The number of hydrogen-bond acceptors (Lipinski definition) is 3. The fourth-order valence-electron chi connectivity index (χ4n) is 1.51. The molecular weight excluding hydrogens is 186 g/mol. The van der Waals surface area contributed by atoms with Gasteiger partial charge in [-0.15, -0.1) is 0 Å². The van der Waals surface area contributed by atoms with Crippen molar-refractivity contribution >= 4 is 23.0 Å². The van der Waals surface area contributed by atoms with Crippen LogP contribution in [-0.2, 0) is 0 Å². The van der Waals surface area contributed by atoms with E-state index in [0.717, 1.165) is 17.9 Å². The molecule has 0 aliphatic carbocycles. The van der Waals surface area contributed by atoms with Crippen LogP contribution in [0.4, 0.5) is 11.4 Å². The van der Waals surface area contributed by atoms with Crippen LogP contribution in [0.5, 0.6) is 0 Å². The summed E-state index contributed by atoms with van der Waals surface area (Å²) in [7, 11) is 2.07. The van der Waals surface area contributed by atoms with Gasteiger partial charge in [-0.2, -0.15) is 0 Å². The van der Waals surface area contributed by atoms with E-state index >= 15 is 0 Å². The average molecular weight is 198 g/mol. The average Bonchev–Trinajstić information content (AvgIpc) is 2.12. The van der Waals surface area contributed by atoms with Crippen molar-refractivity contribution in [3.8, 4) is 0 Å². The molecule has 0 spiro atoms. The first-order valence-corrected chi connectivity index (χ1v) is 4.69. The van der Waals surface area contributed by atoms with E-state index in [-0.39, 0.29) is 0 Å². The van der Waals surface area contributed by atoms with Crippen molar-refractivity contribution in [2.45, 2.75) is 13.0 Å². The monoisotopic (exact) mass is 197 g/mol. The second-order valence-corrected chi connectivity index (χ2v) is 3.69. The summed E-state index contributed by atoms with van der Waals surface area (Å²) in [5.74, 6) is 0. The van der Waals surface area contributed by atoms with Gasteiger partial charge in [-0.05, 0) is 13.0 Å². The fourth-order valence-corrected chi connectivity index (χ4v) is 1.73. The maximum absolute atomic E-state index is 5.95. The topological polar surface area (TPSA) is 28.2 Å². The molecule has 0 saturated carbocycles. The maximum Gasteiger partial charge on any atom is 0.154 e. The molecular formula is C9H12ClN3. The highest BCUT2D eigenvalue weighted by atomic mass is 35.5. The van der Waals surface area contributed by atoms with Gasteiger partial charge in [0.25, 0.3) is 0 Å². The predicted octanol–water partition coefficient (Wildman–Crippen LogP) is 1.99. The Balaban J connectivity index is 2.49. The Morgan fingerprint density at radius 3 is 3.23 bits per heavy atom. The van der Waals surface area contributed by atoms with Gasteiger partial charge in [0.05, 0.1) is 11.4 Å². The molecule has 0 unspecified atom stereocenters. The second kappa shape index (κ2) is 3.07. The maximum atomic E-state index is 5.95. The van der Waals surface area contributed by atoms with Crippen LogP contribution in [0.3, 0.4) is 0 Å². The van der Waals surface area contributed by atoms with Gasteiger partial charge in [0.1, 0.15) is 0 Å². The molecule has 1 aromatic heterocycles. The summed E-state index contributed by atoms with van der Waals surface area (Å²) in [5, 5.41) is 3.83. The van der Waals surface area contributed by atoms with Crippen molar-refractivity contribution in [3.05, 3.63) is 17.4 Å². The Labute approximate surface area is 82.7 Å². The molecule has 13 heavy (non-hydrogen) atoms. The van der Waals surface area contributed by atoms with Gasteiger partial charge in [0, 0.05) is 25.8 Å². The molecule has 0 fully saturated rings. The molecule has 0 radical (unpaired) electrons. The Morgan fingerprint density at radius 1 is 1.69 bits per heavy atom. The lowest BCUT2D eigenvalue weighted by Gasteiger charge is -2.34. The zero-order valence-electron chi connectivity index (χ0n) is 7.71. The van der Waals surface area contributed by atoms with Gasteiger partial charge >= 0.3 is 0 Å². The standard InChI is InChI=1S/C9H12ClN3/c1-6-5-12-8-7(13(6)2)3-4-11-9(8)10/h3-4,6,12H,5H2,1-2H3/t6-/m1/s1. The van der Waals surface area contributed by atoms with Gasteiger partial charge < -0.3 is 10.2 Å². The van der Waals surface area contributed by atoms with E-state index in [4.69, 9.17) is 11.6 Å². The number of likely N-dealkylation sites (N-methyl/N-ethyl adjacent to an activating group) is 1. The van der Waals surface area contributed by atoms with Crippen LogP contribution in [0, 0.1) is 0 Å². The summed E-state index contributed by atoms with van der Waals surface area (Å²) in [6.07, 6.45) is 1.73. The lowest BCUT2D eigenvalue weighted by molar-refractivity contribution is 0.698. The van der Waals surface area contributed by atoms with E-state index < -0.39 is 0 Å². The van der Waals surface area contributed by atoms with E-state index in [2.05, 4.69) is 29.2 Å². The molecule has 1 N–H and O–H groups in total. The first-order valence-electron chi connectivity index (χ1n) is 4.31. The minimum atomic E-state index is 0.492. The van der Waals surface area contributed by atoms with E-state index in [0.29, 0.717) is 11.2 Å². The number of anilines is 2. The lowest BCUT2D eigenvalue weighted by Crippen LogP contribution is -2.39. The Bertz CT molecular complexity index is 327. The number of pyridine rings is 1. The molecule has 3 nitrogen and oxygen atoms in total. The normalized spacial score (nSPS) is 20.8. The number of aromatic nitrogens is 1. The Morgan fingerprint density at radius 2 is 2.46 bits per heavy atom. The van der Waals surface area contributed by atoms with Crippen molar-refractivity contribution < 1.29 is 0 Å². The minimum Gasteiger partial charge on any atom is -0.379 e. The first kappa shape index (κ1) is 8.63. The van der Waals surface area contributed by atoms with Crippen LogP contribution < -0.4 is 10.2 Å². The van der Waals surface area contributed by atoms with E-state index in [1.54, 1.807) is 6.20 Å². The summed E-state index contributed by atoms with van der Waals surface area (Å²) >= 11 is 5.95. The number of hydrogen-bond donors (Lipinski definition) is 1. The van der Waals surface area contributed by atoms with E-state index in [1.807, 2.05) is 6.07 Å². The summed E-state index contributed by atoms with van der Waals surface area (Å²) in [6, 6.07) is 2.47. The van der Waals surface area contributed by atoms with Crippen LogP contribution in [0.15, 0.2) is 12.3 Å². The molecule has 1 atom stereocenters. The predicted molar refractivity (Wildman–Crippen MR) is 55.6 cm³/mol. The number of nitrogens with one attached hydrogen (secondary N) is 1. The highest BCUT2D eigenvalue weighted by Crippen LogP contribution is 2.34. The molecule has 70 valence electrons. The molecule has 2 heterocycles. The molecule has 0 amide bonds. The number of rotatable bonds is 0. The van der Waals surface area contributed by atoms with Gasteiger partial charge in [0.2, 0.25) is 0 Å². The smallest absolute Gasteiger partial charge is 0.154 e. The molecule has 1 aliphatic rings. The molecule has 2 rings (SSSR count). The molecule has 0 bridgehead atoms. The van der Waals surface area contributed by atoms with Gasteiger partial charge in [-0.3, -0.25) is 0 Å². The van der Waals surface area contributed by atoms with Gasteiger partial charge in [-0.25, -0.2) is 4.98 Å². The van der Waals surface area contributed by atoms with Crippen LogP contribution in [-0.4, -0.2) is 24.6 Å². The summed E-state index contributed by atoms with van der Waals surface area (Å²) < 4.78 is 0. The van der Waals surface area contributed by atoms with Crippen molar-refractivity contribution in [1.29, 1.82) is 0 Å². The third-order valence-electron chi connectivity index (χ3n) is 2.50. The molecule has 1 aromatic rings. The molecule has 1 aliphatic heterocycles. The van der Waals surface area contributed by atoms with Crippen molar-refractivity contribution in [3.63, 3.8) is 0 Å². The largest absolute Gasteiger partial charge is 0.379 e. The SMILES string of the molecule is C[C@@H]1CNc2c(ccnc2Cl)N1C. The third-order valence-corrected chi connectivity index (χ3v) is 2.78. The number of nitrogens with zero attached hydrogens (tertiary/aromatic N) is 2. The first-order chi connectivity index (χ1) is 6.20. The molecule has 4 heteroatoms. The van der Waals surface area contributed by atoms with Gasteiger partial charge in [0.15, 0.2) is 5.15 Å². The van der Waals surface area contributed by atoms with Crippen LogP contribution in [0.25, 0.3) is 0 Å². The Kier molecular flexibility index (Phi) is 2.04. The second-order valence-electron chi connectivity index (χ2n) is 3.34. The minimum absolute atomic E-state index is 0.492. The third kappa shape index (κ3) is 1.33. The highest BCUT2D eigenvalue weighted by Gasteiger charge is 2.21. The summed E-state index contributed by atoms with van der Waals surface area (Å²) in [4.78, 5) is 6.24.